The van der Waals surface area contributed by atoms with E-state index in [0.29, 0.717) is 11.9 Å². The Morgan fingerprint density at radius 1 is 1.39 bits per heavy atom. The third-order valence-electron chi connectivity index (χ3n) is 4.49. The zero-order valence-corrected chi connectivity index (χ0v) is 15.1. The van der Waals surface area contributed by atoms with Crippen molar-refractivity contribution in [1.29, 1.82) is 0 Å². The van der Waals surface area contributed by atoms with Crippen molar-refractivity contribution in [2.45, 2.75) is 31.7 Å². The standard InChI is InChI=1S/C18H25N3OS/c1-18(2)12-21(14-7-8-16(22-4)20-17(14)18)13(9-10-19-3)15-6-5-11-23-15/h5-8,11,13,19H,9-10,12H2,1-4H3/t13-/m0/s1. The highest BCUT2D eigenvalue weighted by atomic mass is 32.1. The number of fused-ring (bicyclic) bond motifs is 1. The first-order valence-electron chi connectivity index (χ1n) is 8.07. The van der Waals surface area contributed by atoms with Gasteiger partial charge in [-0.15, -0.1) is 11.3 Å². The second kappa shape index (κ2) is 6.49. The van der Waals surface area contributed by atoms with Crippen LogP contribution in [-0.2, 0) is 5.41 Å². The van der Waals surface area contributed by atoms with Crippen LogP contribution in [0.25, 0.3) is 0 Å². The fourth-order valence-corrected chi connectivity index (χ4v) is 4.23. The molecule has 0 fully saturated rings. The van der Waals surface area contributed by atoms with Crippen LogP contribution in [0.5, 0.6) is 5.88 Å². The maximum Gasteiger partial charge on any atom is 0.213 e. The SMILES string of the molecule is CNCC[C@@H](c1cccs1)N1CC(C)(C)c2nc(OC)ccc21. The molecule has 0 aromatic carbocycles. The summed E-state index contributed by atoms with van der Waals surface area (Å²) in [7, 11) is 3.69. The van der Waals surface area contributed by atoms with E-state index >= 15 is 0 Å². The van der Waals surface area contributed by atoms with Gasteiger partial charge in [-0.05, 0) is 37.5 Å². The summed E-state index contributed by atoms with van der Waals surface area (Å²) >= 11 is 1.84. The van der Waals surface area contributed by atoms with Crippen molar-refractivity contribution in [1.82, 2.24) is 10.3 Å². The Morgan fingerprint density at radius 3 is 2.87 bits per heavy atom. The van der Waals surface area contributed by atoms with E-state index in [2.05, 4.69) is 47.6 Å². The highest BCUT2D eigenvalue weighted by Crippen LogP contribution is 2.45. The van der Waals surface area contributed by atoms with Gasteiger partial charge in [0, 0.05) is 22.9 Å². The van der Waals surface area contributed by atoms with Crippen molar-refractivity contribution in [3.8, 4) is 5.88 Å². The molecule has 124 valence electrons. The van der Waals surface area contributed by atoms with Gasteiger partial charge >= 0.3 is 0 Å². The minimum Gasteiger partial charge on any atom is -0.481 e. The van der Waals surface area contributed by atoms with E-state index < -0.39 is 0 Å². The molecule has 1 aliphatic rings. The summed E-state index contributed by atoms with van der Waals surface area (Å²) in [5.74, 6) is 0.696. The first-order chi connectivity index (χ1) is 11.1. The quantitative estimate of drug-likeness (QED) is 0.877. The predicted octanol–water partition coefficient (Wildman–Crippen LogP) is 3.60. The van der Waals surface area contributed by atoms with Crippen LogP contribution in [0.2, 0.25) is 0 Å². The van der Waals surface area contributed by atoms with E-state index in [0.717, 1.165) is 25.2 Å². The number of aromatic nitrogens is 1. The lowest BCUT2D eigenvalue weighted by atomic mass is 9.91. The summed E-state index contributed by atoms with van der Waals surface area (Å²) in [5.41, 5.74) is 2.41. The van der Waals surface area contributed by atoms with Crippen LogP contribution in [0.1, 0.15) is 36.9 Å². The van der Waals surface area contributed by atoms with Gasteiger partial charge in [0.05, 0.1) is 24.5 Å². The molecule has 23 heavy (non-hydrogen) atoms. The number of nitrogens with zero attached hydrogens (tertiary/aromatic N) is 2. The maximum absolute atomic E-state index is 5.33. The second-order valence-corrected chi connectivity index (χ2v) is 7.64. The lowest BCUT2D eigenvalue weighted by Gasteiger charge is -2.31. The molecule has 1 N–H and O–H groups in total. The Kier molecular flexibility index (Phi) is 4.60. The Hall–Kier alpha value is -1.59. The Morgan fingerprint density at radius 2 is 2.22 bits per heavy atom. The first-order valence-corrected chi connectivity index (χ1v) is 8.95. The smallest absolute Gasteiger partial charge is 0.213 e. The van der Waals surface area contributed by atoms with Crippen molar-refractivity contribution in [2.75, 3.05) is 32.1 Å². The van der Waals surface area contributed by atoms with E-state index in [9.17, 15) is 0 Å². The monoisotopic (exact) mass is 331 g/mol. The molecule has 0 aliphatic carbocycles. The molecule has 1 aliphatic heterocycles. The van der Waals surface area contributed by atoms with Crippen molar-refractivity contribution >= 4 is 17.0 Å². The molecule has 0 bridgehead atoms. The van der Waals surface area contributed by atoms with Gasteiger partial charge in [0.1, 0.15) is 0 Å². The summed E-state index contributed by atoms with van der Waals surface area (Å²) in [6.07, 6.45) is 1.08. The van der Waals surface area contributed by atoms with E-state index in [4.69, 9.17) is 9.72 Å². The molecule has 2 aromatic rings. The molecule has 0 saturated heterocycles. The molecule has 0 saturated carbocycles. The Bertz CT molecular complexity index is 654. The molecule has 2 aromatic heterocycles. The van der Waals surface area contributed by atoms with Gasteiger partial charge < -0.3 is 15.0 Å². The van der Waals surface area contributed by atoms with Gasteiger partial charge in [-0.25, -0.2) is 4.98 Å². The number of methoxy groups -OCH3 is 1. The molecule has 1 atom stereocenters. The number of rotatable bonds is 6. The Balaban J connectivity index is 1.99. The first kappa shape index (κ1) is 16.3. The molecule has 0 unspecified atom stereocenters. The van der Waals surface area contributed by atoms with Gasteiger partial charge in [-0.1, -0.05) is 19.9 Å². The zero-order chi connectivity index (χ0) is 16.4. The normalized spacial score (nSPS) is 17.1. The van der Waals surface area contributed by atoms with Crippen LogP contribution >= 0.6 is 11.3 Å². The molecule has 0 radical (unpaired) electrons. The minimum absolute atomic E-state index is 0.0268. The summed E-state index contributed by atoms with van der Waals surface area (Å²) in [4.78, 5) is 8.68. The van der Waals surface area contributed by atoms with E-state index in [-0.39, 0.29) is 5.41 Å². The van der Waals surface area contributed by atoms with Gasteiger partial charge in [0.15, 0.2) is 0 Å². The van der Waals surface area contributed by atoms with Crippen molar-refractivity contribution in [3.05, 3.63) is 40.2 Å². The van der Waals surface area contributed by atoms with Gasteiger partial charge in [-0.3, -0.25) is 0 Å². The molecule has 3 heterocycles. The number of thiophene rings is 1. The lowest BCUT2D eigenvalue weighted by Crippen LogP contribution is -2.33. The molecule has 4 nitrogen and oxygen atoms in total. The summed E-state index contributed by atoms with van der Waals surface area (Å²) in [5, 5.41) is 5.45. The highest BCUT2D eigenvalue weighted by Gasteiger charge is 2.40. The summed E-state index contributed by atoms with van der Waals surface area (Å²) in [6.45, 7) is 6.51. The number of ether oxygens (including phenoxy) is 1. The van der Waals surface area contributed by atoms with Gasteiger partial charge in [0.2, 0.25) is 5.88 Å². The molecule has 0 spiro atoms. The summed E-state index contributed by atoms with van der Waals surface area (Å²) < 4.78 is 5.33. The van der Waals surface area contributed by atoms with E-state index in [1.54, 1.807) is 7.11 Å². The van der Waals surface area contributed by atoms with Crippen LogP contribution in [0.15, 0.2) is 29.6 Å². The number of hydrogen-bond acceptors (Lipinski definition) is 5. The molecule has 3 rings (SSSR count). The average molecular weight is 331 g/mol. The van der Waals surface area contributed by atoms with Crippen LogP contribution < -0.4 is 15.0 Å². The summed E-state index contributed by atoms with van der Waals surface area (Å²) in [6, 6.07) is 8.90. The second-order valence-electron chi connectivity index (χ2n) is 6.66. The van der Waals surface area contributed by atoms with E-state index in [1.165, 1.54) is 10.6 Å². The van der Waals surface area contributed by atoms with Gasteiger partial charge in [-0.2, -0.15) is 0 Å². The number of hydrogen-bond donors (Lipinski definition) is 1. The minimum atomic E-state index is 0.0268. The van der Waals surface area contributed by atoms with E-state index in [1.807, 2.05) is 24.5 Å². The average Bonchev–Trinajstić information content (AvgIpc) is 3.15. The predicted molar refractivity (Wildman–Crippen MR) is 96.8 cm³/mol. The van der Waals surface area contributed by atoms with Crippen molar-refractivity contribution in [2.24, 2.45) is 0 Å². The third-order valence-corrected chi connectivity index (χ3v) is 5.46. The fourth-order valence-electron chi connectivity index (χ4n) is 3.35. The topological polar surface area (TPSA) is 37.4 Å². The Labute approximate surface area is 142 Å². The van der Waals surface area contributed by atoms with Crippen LogP contribution in [0.4, 0.5) is 5.69 Å². The molecular formula is C18H25N3OS. The fraction of sp³-hybridized carbons (Fsp3) is 0.500. The largest absolute Gasteiger partial charge is 0.481 e. The molecular weight excluding hydrogens is 306 g/mol. The van der Waals surface area contributed by atoms with Gasteiger partial charge in [0.25, 0.3) is 0 Å². The van der Waals surface area contributed by atoms with Crippen LogP contribution in [0, 0.1) is 0 Å². The molecule has 5 heteroatoms. The number of nitrogens with one attached hydrogen (secondary N) is 1. The van der Waals surface area contributed by atoms with Crippen molar-refractivity contribution < 1.29 is 4.74 Å². The maximum atomic E-state index is 5.33. The zero-order valence-electron chi connectivity index (χ0n) is 14.3. The van der Waals surface area contributed by atoms with Crippen LogP contribution in [-0.4, -0.2) is 32.2 Å². The lowest BCUT2D eigenvalue weighted by molar-refractivity contribution is 0.392. The molecule has 0 amide bonds. The third kappa shape index (κ3) is 3.08. The number of anilines is 1. The highest BCUT2D eigenvalue weighted by molar-refractivity contribution is 7.10. The van der Waals surface area contributed by atoms with Crippen molar-refractivity contribution in [3.63, 3.8) is 0 Å². The number of pyridine rings is 1. The van der Waals surface area contributed by atoms with Crippen LogP contribution in [0.3, 0.4) is 0 Å².